The van der Waals surface area contributed by atoms with Gasteiger partial charge in [-0.05, 0) is 56.3 Å². The van der Waals surface area contributed by atoms with Crippen LogP contribution in [0.4, 0.5) is 36.4 Å². The van der Waals surface area contributed by atoms with Crippen LogP contribution in [-0.2, 0) is 6.18 Å². The minimum absolute atomic E-state index is 0.00863. The number of alkyl halides is 3. The molecule has 13 heteroatoms. The number of hydrazone groups is 2. The van der Waals surface area contributed by atoms with Gasteiger partial charge in [0.25, 0.3) is 0 Å². The zero-order valence-corrected chi connectivity index (χ0v) is 21.2. The van der Waals surface area contributed by atoms with Crippen LogP contribution in [0, 0.1) is 0 Å². The average molecular weight is 536 g/mol. The number of aromatic nitrogens is 4. The van der Waals surface area contributed by atoms with Crippen LogP contribution in [0.25, 0.3) is 0 Å². The molecule has 0 saturated carbocycles. The van der Waals surface area contributed by atoms with E-state index >= 15 is 0 Å². The highest BCUT2D eigenvalue weighted by Gasteiger charge is 2.34. The van der Waals surface area contributed by atoms with Crippen LogP contribution in [0.2, 0.25) is 0 Å². The van der Waals surface area contributed by atoms with E-state index < -0.39 is 11.7 Å². The van der Waals surface area contributed by atoms with Crippen LogP contribution in [0.5, 0.6) is 5.75 Å². The maximum absolute atomic E-state index is 13.5. The molecule has 39 heavy (non-hydrogen) atoms. The zero-order chi connectivity index (χ0) is 27.8. The van der Waals surface area contributed by atoms with Crippen molar-refractivity contribution in [1.82, 2.24) is 19.9 Å². The van der Waals surface area contributed by atoms with E-state index in [-0.39, 0.29) is 29.0 Å². The highest BCUT2D eigenvalue weighted by atomic mass is 19.4. The van der Waals surface area contributed by atoms with Gasteiger partial charge in [0.15, 0.2) is 11.6 Å². The molecule has 0 aliphatic carbocycles. The first kappa shape index (κ1) is 27.0. The Bertz CT molecular complexity index is 1400. The lowest BCUT2D eigenvalue weighted by Crippen LogP contribution is -2.09. The van der Waals surface area contributed by atoms with E-state index in [9.17, 15) is 13.2 Å². The summed E-state index contributed by atoms with van der Waals surface area (Å²) in [6.07, 6.45) is 1.98. The molecule has 0 aliphatic rings. The molecule has 0 radical (unpaired) electrons. The number of pyridine rings is 2. The molecule has 1 aromatic carbocycles. The Kier molecular flexibility index (Phi) is 8.29. The van der Waals surface area contributed by atoms with Crippen LogP contribution in [0.15, 0.2) is 83.5 Å². The number of halogens is 3. The topological polar surface area (TPSA) is 122 Å². The number of rotatable bonds is 9. The number of anilines is 4. The molecular formula is C26H24F3N9O. The van der Waals surface area contributed by atoms with Crippen molar-refractivity contribution in [2.75, 3.05) is 23.3 Å². The molecule has 3 heterocycles. The summed E-state index contributed by atoms with van der Waals surface area (Å²) in [4.78, 5) is 16.7. The van der Waals surface area contributed by atoms with Gasteiger partial charge in [-0.15, -0.1) is 0 Å². The molecule has 4 rings (SSSR count). The summed E-state index contributed by atoms with van der Waals surface area (Å²) in [5, 5.41) is 11.5. The van der Waals surface area contributed by atoms with E-state index in [1.165, 1.54) is 19.2 Å². The van der Waals surface area contributed by atoms with Gasteiger partial charge in [0, 0.05) is 47.7 Å². The summed E-state index contributed by atoms with van der Waals surface area (Å²) in [5.41, 5.74) is 7.92. The number of hydrogen-bond acceptors (Lipinski definition) is 10. The van der Waals surface area contributed by atoms with E-state index in [0.29, 0.717) is 11.4 Å². The molecule has 0 saturated heterocycles. The summed E-state index contributed by atoms with van der Waals surface area (Å²) in [5.74, 6) is 0.248. The molecule has 4 aromatic rings. The molecular weight excluding hydrogens is 511 g/mol. The number of methoxy groups -OCH3 is 1. The van der Waals surface area contributed by atoms with E-state index in [4.69, 9.17) is 4.74 Å². The van der Waals surface area contributed by atoms with Crippen molar-refractivity contribution in [1.29, 1.82) is 0 Å². The molecule has 200 valence electrons. The van der Waals surface area contributed by atoms with E-state index in [1.807, 2.05) is 0 Å². The number of ether oxygens (including phenoxy) is 1. The van der Waals surface area contributed by atoms with Crippen LogP contribution in [0.1, 0.15) is 30.5 Å². The van der Waals surface area contributed by atoms with Crippen molar-refractivity contribution < 1.29 is 17.9 Å². The standard InChI is InChI=1S/C26H24F3N9O/c1-16(18-6-10-30-11-7-18)35-37-23-15-24(38-36-17(2)19-8-12-31-13-9-19)34-25(33-23)32-20-4-5-22(39-3)21(14-20)26(27,28)29/h4-15H,1-3H3,(H3,32,33,34,37,38). The van der Waals surface area contributed by atoms with Gasteiger partial charge in [-0.25, -0.2) is 0 Å². The first-order valence-electron chi connectivity index (χ1n) is 11.6. The molecule has 0 amide bonds. The summed E-state index contributed by atoms with van der Waals surface area (Å²) >= 11 is 0. The monoisotopic (exact) mass is 535 g/mol. The highest BCUT2D eigenvalue weighted by Crippen LogP contribution is 2.38. The predicted molar refractivity (Wildman–Crippen MR) is 143 cm³/mol. The molecule has 3 N–H and O–H groups in total. The lowest BCUT2D eigenvalue weighted by atomic mass is 10.1. The molecule has 0 fully saturated rings. The van der Waals surface area contributed by atoms with Crippen molar-refractivity contribution in [3.05, 3.63) is 90.0 Å². The predicted octanol–water partition coefficient (Wildman–Crippen LogP) is 5.71. The van der Waals surface area contributed by atoms with E-state index in [2.05, 4.69) is 46.3 Å². The molecule has 3 aromatic heterocycles. The normalized spacial score (nSPS) is 12.2. The molecule has 0 unspecified atom stereocenters. The second-order valence-corrected chi connectivity index (χ2v) is 8.09. The Morgan fingerprint density at radius 3 is 1.74 bits per heavy atom. The van der Waals surface area contributed by atoms with E-state index in [0.717, 1.165) is 17.2 Å². The maximum Gasteiger partial charge on any atom is 0.420 e. The first-order valence-corrected chi connectivity index (χ1v) is 11.6. The second-order valence-electron chi connectivity index (χ2n) is 8.09. The lowest BCUT2D eigenvalue weighted by Gasteiger charge is -2.14. The van der Waals surface area contributed by atoms with Crippen molar-refractivity contribution >= 4 is 34.7 Å². The third kappa shape index (κ3) is 7.25. The molecule has 0 bridgehead atoms. The Hall–Kier alpha value is -5.07. The fourth-order valence-corrected chi connectivity index (χ4v) is 3.35. The Balaban J connectivity index is 1.65. The van der Waals surface area contributed by atoms with Gasteiger partial charge in [0.1, 0.15) is 5.75 Å². The van der Waals surface area contributed by atoms with E-state index in [1.54, 1.807) is 69.0 Å². The zero-order valence-electron chi connectivity index (χ0n) is 21.2. The van der Waals surface area contributed by atoms with Gasteiger partial charge in [-0.2, -0.15) is 33.3 Å². The SMILES string of the molecule is COc1ccc(Nc2nc(NN=C(C)c3ccncc3)cc(NN=C(C)c3ccncc3)n2)cc1C(F)(F)F. The summed E-state index contributed by atoms with van der Waals surface area (Å²) in [6, 6.07) is 12.4. The summed E-state index contributed by atoms with van der Waals surface area (Å²) in [7, 11) is 1.18. The van der Waals surface area contributed by atoms with Crippen molar-refractivity contribution in [3.8, 4) is 5.75 Å². The smallest absolute Gasteiger partial charge is 0.420 e. The van der Waals surface area contributed by atoms with Crippen LogP contribution < -0.4 is 20.9 Å². The Morgan fingerprint density at radius 2 is 1.28 bits per heavy atom. The van der Waals surface area contributed by atoms with Crippen LogP contribution in [0.3, 0.4) is 0 Å². The van der Waals surface area contributed by atoms with Gasteiger partial charge < -0.3 is 10.1 Å². The Labute approximate surface area is 222 Å². The fourth-order valence-electron chi connectivity index (χ4n) is 3.35. The van der Waals surface area contributed by atoms with Gasteiger partial charge in [0.05, 0.1) is 24.1 Å². The number of benzene rings is 1. The van der Waals surface area contributed by atoms with Gasteiger partial charge in [0.2, 0.25) is 5.95 Å². The average Bonchev–Trinajstić information content (AvgIpc) is 2.95. The van der Waals surface area contributed by atoms with Crippen molar-refractivity contribution in [2.24, 2.45) is 10.2 Å². The van der Waals surface area contributed by atoms with Crippen molar-refractivity contribution in [2.45, 2.75) is 20.0 Å². The molecule has 0 aliphatic heterocycles. The van der Waals surface area contributed by atoms with Crippen LogP contribution >= 0.6 is 0 Å². The Morgan fingerprint density at radius 1 is 0.769 bits per heavy atom. The second kappa shape index (κ2) is 12.0. The number of hydrogen-bond donors (Lipinski definition) is 3. The summed E-state index contributed by atoms with van der Waals surface area (Å²) < 4.78 is 45.4. The third-order valence-electron chi connectivity index (χ3n) is 5.36. The highest BCUT2D eigenvalue weighted by molar-refractivity contribution is 5.99. The van der Waals surface area contributed by atoms with Crippen molar-refractivity contribution in [3.63, 3.8) is 0 Å². The number of nitrogens with one attached hydrogen (secondary N) is 3. The largest absolute Gasteiger partial charge is 0.496 e. The first-order chi connectivity index (χ1) is 18.7. The quantitative estimate of drug-likeness (QED) is 0.184. The molecule has 10 nitrogen and oxygen atoms in total. The van der Waals surface area contributed by atoms with Gasteiger partial charge >= 0.3 is 6.18 Å². The molecule has 0 spiro atoms. The summed E-state index contributed by atoms with van der Waals surface area (Å²) in [6.45, 7) is 3.61. The minimum atomic E-state index is -4.61. The maximum atomic E-state index is 13.5. The van der Waals surface area contributed by atoms with Gasteiger partial charge in [-0.3, -0.25) is 20.8 Å². The number of nitrogens with zero attached hydrogens (tertiary/aromatic N) is 6. The third-order valence-corrected chi connectivity index (χ3v) is 5.36. The minimum Gasteiger partial charge on any atom is -0.496 e. The van der Waals surface area contributed by atoms with Crippen LogP contribution in [-0.4, -0.2) is 38.5 Å². The lowest BCUT2D eigenvalue weighted by molar-refractivity contribution is -0.138. The fraction of sp³-hybridized carbons (Fsp3) is 0.154. The molecule has 0 atom stereocenters. The van der Waals surface area contributed by atoms with Gasteiger partial charge in [-0.1, -0.05) is 0 Å².